The van der Waals surface area contributed by atoms with Gasteiger partial charge in [0.25, 0.3) is 0 Å². The van der Waals surface area contributed by atoms with Gasteiger partial charge in [-0.05, 0) is 25.0 Å². The summed E-state index contributed by atoms with van der Waals surface area (Å²) in [6.45, 7) is 1.77. The van der Waals surface area contributed by atoms with Crippen molar-refractivity contribution in [3.8, 4) is 0 Å². The number of unbranched alkanes of at least 4 members (excludes halogenated alkanes) is 1. The molecule has 0 aliphatic rings. The quantitative estimate of drug-likeness (QED) is 0.515. The normalized spacial score (nSPS) is 11.3. The molecule has 1 aromatic carbocycles. The lowest BCUT2D eigenvalue weighted by atomic mass is 10.2. The summed E-state index contributed by atoms with van der Waals surface area (Å²) >= 11 is 5.95. The largest absolute Gasteiger partial charge is 0.337 e. The van der Waals surface area contributed by atoms with Gasteiger partial charge in [-0.25, -0.2) is 14.4 Å². The van der Waals surface area contributed by atoms with Gasteiger partial charge in [-0.3, -0.25) is 0 Å². The van der Waals surface area contributed by atoms with Gasteiger partial charge in [-0.1, -0.05) is 0 Å². The van der Waals surface area contributed by atoms with Crippen molar-refractivity contribution in [1.29, 1.82) is 0 Å². The molecule has 0 atom stereocenters. The Hall–Kier alpha value is -1.88. The molecule has 3 aromatic rings. The molecular weight excluding hydrogens is 291 g/mol. The highest BCUT2D eigenvalue weighted by atomic mass is 35.5. The van der Waals surface area contributed by atoms with Crippen LogP contribution in [0, 0.1) is 5.82 Å². The Balaban J connectivity index is 1.70. The molecule has 6 heteroatoms. The molecule has 0 saturated carbocycles. The van der Waals surface area contributed by atoms with Gasteiger partial charge in [-0.2, -0.15) is 0 Å². The third-order valence-electron chi connectivity index (χ3n) is 3.52. The summed E-state index contributed by atoms with van der Waals surface area (Å²) in [5.74, 6) is 0.853. The van der Waals surface area contributed by atoms with E-state index in [1.165, 1.54) is 12.1 Å². The highest BCUT2D eigenvalue weighted by Crippen LogP contribution is 2.19. The Bertz CT molecular complexity index is 721. The molecule has 4 nitrogen and oxygen atoms in total. The van der Waals surface area contributed by atoms with Crippen molar-refractivity contribution in [1.82, 2.24) is 19.1 Å². The Morgan fingerprint density at radius 2 is 2.05 bits per heavy atom. The van der Waals surface area contributed by atoms with Crippen LogP contribution in [-0.4, -0.2) is 19.1 Å². The molecule has 0 amide bonds. The van der Waals surface area contributed by atoms with Gasteiger partial charge in [0, 0.05) is 31.5 Å². The Kier molecular flexibility index (Phi) is 4.20. The van der Waals surface area contributed by atoms with E-state index in [-0.39, 0.29) is 5.82 Å². The number of imidazole rings is 2. The number of nitrogens with zero attached hydrogens (tertiary/aromatic N) is 4. The van der Waals surface area contributed by atoms with E-state index in [4.69, 9.17) is 11.6 Å². The minimum Gasteiger partial charge on any atom is -0.337 e. The van der Waals surface area contributed by atoms with Crippen LogP contribution in [0.15, 0.2) is 36.9 Å². The Labute approximate surface area is 127 Å². The fourth-order valence-electron chi connectivity index (χ4n) is 2.49. The van der Waals surface area contributed by atoms with Gasteiger partial charge >= 0.3 is 0 Å². The van der Waals surface area contributed by atoms with Gasteiger partial charge in [0.2, 0.25) is 0 Å². The first-order valence-corrected chi connectivity index (χ1v) is 7.48. The van der Waals surface area contributed by atoms with Crippen molar-refractivity contribution in [3.05, 3.63) is 48.6 Å². The molecule has 0 aliphatic heterocycles. The van der Waals surface area contributed by atoms with Crippen LogP contribution in [-0.2, 0) is 19.0 Å². The van der Waals surface area contributed by atoms with Crippen molar-refractivity contribution in [2.45, 2.75) is 31.8 Å². The van der Waals surface area contributed by atoms with E-state index in [1.807, 2.05) is 12.5 Å². The molecule has 3 rings (SSSR count). The second-order valence-electron chi connectivity index (χ2n) is 4.95. The molecule has 2 heterocycles. The molecule has 0 aliphatic carbocycles. The van der Waals surface area contributed by atoms with Crippen molar-refractivity contribution in [2.24, 2.45) is 0 Å². The first-order valence-electron chi connectivity index (χ1n) is 6.94. The molecule has 110 valence electrons. The molecule has 0 unspecified atom stereocenters. The highest BCUT2D eigenvalue weighted by molar-refractivity contribution is 6.16. The van der Waals surface area contributed by atoms with E-state index in [1.54, 1.807) is 12.3 Å². The Morgan fingerprint density at radius 3 is 2.81 bits per heavy atom. The van der Waals surface area contributed by atoms with Crippen LogP contribution in [0.5, 0.6) is 0 Å². The van der Waals surface area contributed by atoms with Gasteiger partial charge in [0.15, 0.2) is 0 Å². The minimum atomic E-state index is -0.270. The number of alkyl halides is 1. The number of hydrogen-bond acceptors (Lipinski definition) is 2. The number of fused-ring (bicyclic) bond motifs is 1. The number of aryl methyl sites for hydroxylation is 2. The standard InChI is InChI=1S/C15H16ClFN4/c16-10-15-19-13-9-12(17)3-4-14(13)21(15)7-2-1-6-20-8-5-18-11-20/h3-5,8-9,11H,1-2,6-7,10H2. The van der Waals surface area contributed by atoms with Gasteiger partial charge < -0.3 is 9.13 Å². The third-order valence-corrected chi connectivity index (χ3v) is 3.76. The average Bonchev–Trinajstić information content (AvgIpc) is 3.10. The maximum atomic E-state index is 13.3. The highest BCUT2D eigenvalue weighted by Gasteiger charge is 2.10. The van der Waals surface area contributed by atoms with E-state index in [2.05, 4.69) is 19.1 Å². The number of hydrogen-bond donors (Lipinski definition) is 0. The second-order valence-corrected chi connectivity index (χ2v) is 5.22. The molecule has 0 saturated heterocycles. The molecule has 0 spiro atoms. The molecule has 0 bridgehead atoms. The summed E-state index contributed by atoms with van der Waals surface area (Å²) in [6.07, 6.45) is 7.60. The topological polar surface area (TPSA) is 35.6 Å². The van der Waals surface area contributed by atoms with Crippen LogP contribution >= 0.6 is 11.6 Å². The monoisotopic (exact) mass is 306 g/mol. The molecule has 0 fully saturated rings. The van der Waals surface area contributed by atoms with E-state index >= 15 is 0 Å². The fraction of sp³-hybridized carbons (Fsp3) is 0.333. The lowest BCUT2D eigenvalue weighted by molar-refractivity contribution is 0.552. The Morgan fingerprint density at radius 1 is 1.19 bits per heavy atom. The van der Waals surface area contributed by atoms with Crippen LogP contribution in [0.2, 0.25) is 0 Å². The lowest BCUT2D eigenvalue weighted by Crippen LogP contribution is -2.04. The maximum Gasteiger partial charge on any atom is 0.125 e. The van der Waals surface area contributed by atoms with Crippen LogP contribution in [0.1, 0.15) is 18.7 Å². The first kappa shape index (κ1) is 14.1. The zero-order chi connectivity index (χ0) is 14.7. The van der Waals surface area contributed by atoms with Crippen LogP contribution in [0.3, 0.4) is 0 Å². The number of benzene rings is 1. The maximum absolute atomic E-state index is 13.3. The van der Waals surface area contributed by atoms with Crippen molar-refractivity contribution in [3.63, 3.8) is 0 Å². The number of halogens is 2. The van der Waals surface area contributed by atoms with Crippen molar-refractivity contribution >= 4 is 22.6 Å². The number of aromatic nitrogens is 4. The van der Waals surface area contributed by atoms with Crippen LogP contribution in [0.25, 0.3) is 11.0 Å². The molecule has 0 N–H and O–H groups in total. The van der Waals surface area contributed by atoms with Gasteiger partial charge in [0.1, 0.15) is 11.6 Å². The number of rotatable bonds is 6. The van der Waals surface area contributed by atoms with E-state index in [9.17, 15) is 4.39 Å². The fourth-order valence-corrected chi connectivity index (χ4v) is 2.69. The molecule has 21 heavy (non-hydrogen) atoms. The van der Waals surface area contributed by atoms with Gasteiger partial charge in [0.05, 0.1) is 23.2 Å². The predicted molar refractivity (Wildman–Crippen MR) is 80.7 cm³/mol. The third kappa shape index (κ3) is 3.08. The zero-order valence-corrected chi connectivity index (χ0v) is 12.3. The predicted octanol–water partition coefficient (Wildman–Crippen LogP) is 3.59. The SMILES string of the molecule is Fc1ccc2c(c1)nc(CCl)n2CCCCn1ccnc1. The lowest BCUT2D eigenvalue weighted by Gasteiger charge is -2.08. The van der Waals surface area contributed by atoms with Crippen LogP contribution in [0.4, 0.5) is 4.39 Å². The van der Waals surface area contributed by atoms with Crippen molar-refractivity contribution in [2.75, 3.05) is 0 Å². The summed E-state index contributed by atoms with van der Waals surface area (Å²) in [5, 5.41) is 0. The smallest absolute Gasteiger partial charge is 0.125 e. The molecular formula is C15H16ClFN4. The summed E-state index contributed by atoms with van der Waals surface area (Å²) < 4.78 is 17.4. The van der Waals surface area contributed by atoms with Crippen LogP contribution < -0.4 is 0 Å². The molecule has 0 radical (unpaired) electrons. The summed E-state index contributed by atoms with van der Waals surface area (Å²) in [7, 11) is 0. The first-order chi connectivity index (χ1) is 10.3. The zero-order valence-electron chi connectivity index (χ0n) is 11.5. The van der Waals surface area contributed by atoms with E-state index in [0.29, 0.717) is 11.4 Å². The molecule has 2 aromatic heterocycles. The second kappa shape index (κ2) is 6.26. The van der Waals surface area contributed by atoms with E-state index in [0.717, 1.165) is 37.3 Å². The average molecular weight is 307 g/mol. The van der Waals surface area contributed by atoms with Crippen molar-refractivity contribution < 1.29 is 4.39 Å². The van der Waals surface area contributed by atoms with Gasteiger partial charge in [-0.15, -0.1) is 11.6 Å². The summed E-state index contributed by atoms with van der Waals surface area (Å²) in [6, 6.07) is 4.68. The summed E-state index contributed by atoms with van der Waals surface area (Å²) in [5.41, 5.74) is 1.61. The summed E-state index contributed by atoms with van der Waals surface area (Å²) in [4.78, 5) is 8.42. The van der Waals surface area contributed by atoms with E-state index < -0.39 is 0 Å². The minimum absolute atomic E-state index is 0.270.